The van der Waals surface area contributed by atoms with Gasteiger partial charge in [-0.1, -0.05) is 179 Å². The van der Waals surface area contributed by atoms with Crippen LogP contribution in [0, 0.1) is 0 Å². The molecular weight excluding hydrogens is 725 g/mol. The number of rotatable bonds is 5. The first-order chi connectivity index (χ1) is 29.3. The third kappa shape index (κ3) is 4.76. The summed E-state index contributed by atoms with van der Waals surface area (Å²) < 4.78 is 2.45. The molecular formula is C58H44N2. The van der Waals surface area contributed by atoms with Gasteiger partial charge in [-0.25, -0.2) is 0 Å². The molecule has 286 valence electrons. The summed E-state index contributed by atoms with van der Waals surface area (Å²) in [4.78, 5) is 2.60. The van der Waals surface area contributed by atoms with Gasteiger partial charge in [0.15, 0.2) is 0 Å². The molecule has 0 atom stereocenters. The molecule has 0 aliphatic heterocycles. The number of nitrogens with zero attached hydrogens (tertiary/aromatic N) is 2. The third-order valence-electron chi connectivity index (χ3n) is 13.8. The Bertz CT molecular complexity index is 3230. The number of aromatic nitrogens is 1. The molecule has 2 nitrogen and oxygen atoms in total. The van der Waals surface area contributed by atoms with Crippen molar-refractivity contribution in [1.29, 1.82) is 0 Å². The van der Waals surface area contributed by atoms with Crippen molar-refractivity contribution in [2.24, 2.45) is 0 Å². The van der Waals surface area contributed by atoms with E-state index >= 15 is 0 Å². The lowest BCUT2D eigenvalue weighted by Gasteiger charge is -2.32. The normalized spacial score (nSPS) is 14.3. The van der Waals surface area contributed by atoms with Crippen molar-refractivity contribution in [3.8, 4) is 39.1 Å². The lowest BCUT2D eigenvalue weighted by molar-refractivity contribution is 0.660. The number of para-hydroxylation sites is 3. The SMILES string of the molecule is CC1(C)c2ccccc2-c2c(N(c3ccccc3-c3cc(-n4c5ccccc5c5ccccc54)cc4ccccc34)c3cccc4c3-c3ccccc3C4(C)C)cccc21. The standard InChI is InChI=1S/C58H44N2/c1-57(2)46-26-12-7-24-43(46)55-48(57)28-17-33-53(55)60(54-34-18-29-49-56(54)44-25-8-13-27-47(44)58(49,3)4)52-32-16-11-23-42(52)45-36-38(35-37-19-5-6-20-39(37)45)59-50-30-14-9-21-40(50)41-22-10-15-31-51(41)59/h5-36H,1-4H3. The molecule has 2 heteroatoms. The molecule has 0 N–H and O–H groups in total. The van der Waals surface area contributed by atoms with Crippen LogP contribution in [0.25, 0.3) is 71.6 Å². The first-order valence-electron chi connectivity index (χ1n) is 21.2. The maximum atomic E-state index is 2.60. The average molecular weight is 769 g/mol. The van der Waals surface area contributed by atoms with Crippen molar-refractivity contribution in [3.63, 3.8) is 0 Å². The molecule has 0 radical (unpaired) electrons. The van der Waals surface area contributed by atoms with Crippen LogP contribution in [0.3, 0.4) is 0 Å². The molecule has 0 fully saturated rings. The highest BCUT2D eigenvalue weighted by atomic mass is 15.2. The second-order valence-corrected chi connectivity index (χ2v) is 17.7. The van der Waals surface area contributed by atoms with Gasteiger partial charge in [0.05, 0.1) is 28.1 Å². The van der Waals surface area contributed by atoms with E-state index in [1.165, 1.54) is 99.6 Å². The number of hydrogen-bond acceptors (Lipinski definition) is 1. The Labute approximate surface area is 351 Å². The Morgan fingerprint density at radius 3 is 1.37 bits per heavy atom. The summed E-state index contributed by atoms with van der Waals surface area (Å²) in [7, 11) is 0. The van der Waals surface area contributed by atoms with Crippen LogP contribution in [0.5, 0.6) is 0 Å². The molecule has 12 rings (SSSR count). The van der Waals surface area contributed by atoms with Crippen molar-refractivity contribution >= 4 is 49.6 Å². The predicted molar refractivity (Wildman–Crippen MR) is 254 cm³/mol. The van der Waals surface area contributed by atoms with E-state index in [-0.39, 0.29) is 10.8 Å². The zero-order chi connectivity index (χ0) is 40.3. The molecule has 0 saturated heterocycles. The molecule has 1 heterocycles. The highest BCUT2D eigenvalue weighted by molar-refractivity contribution is 6.11. The van der Waals surface area contributed by atoms with Crippen LogP contribution in [0.1, 0.15) is 49.9 Å². The Balaban J connectivity index is 1.19. The van der Waals surface area contributed by atoms with Crippen LogP contribution in [0.4, 0.5) is 17.1 Å². The summed E-state index contributed by atoms with van der Waals surface area (Å²) in [5.74, 6) is 0. The second-order valence-electron chi connectivity index (χ2n) is 17.7. The van der Waals surface area contributed by atoms with Gasteiger partial charge in [-0.05, 0) is 92.2 Å². The van der Waals surface area contributed by atoms with Crippen molar-refractivity contribution < 1.29 is 0 Å². The van der Waals surface area contributed by atoms with Gasteiger partial charge in [0.1, 0.15) is 0 Å². The van der Waals surface area contributed by atoms with E-state index in [9.17, 15) is 0 Å². The van der Waals surface area contributed by atoms with Gasteiger partial charge in [-0.15, -0.1) is 0 Å². The summed E-state index contributed by atoms with van der Waals surface area (Å²) in [5, 5.41) is 4.96. The first-order valence-corrected chi connectivity index (χ1v) is 21.2. The molecule has 0 unspecified atom stereocenters. The third-order valence-corrected chi connectivity index (χ3v) is 13.8. The topological polar surface area (TPSA) is 8.17 Å². The van der Waals surface area contributed by atoms with Gasteiger partial charge in [-0.2, -0.15) is 0 Å². The summed E-state index contributed by atoms with van der Waals surface area (Å²) in [6.07, 6.45) is 0. The van der Waals surface area contributed by atoms with Crippen LogP contribution in [0.2, 0.25) is 0 Å². The Kier molecular flexibility index (Phi) is 7.36. The van der Waals surface area contributed by atoms with Gasteiger partial charge in [-0.3, -0.25) is 0 Å². The summed E-state index contributed by atoms with van der Waals surface area (Å²) in [5.41, 5.74) is 19.9. The fourth-order valence-electron chi connectivity index (χ4n) is 11.0. The zero-order valence-corrected chi connectivity index (χ0v) is 34.4. The number of anilines is 3. The molecule has 1 aromatic heterocycles. The maximum Gasteiger partial charge on any atom is 0.0543 e. The van der Waals surface area contributed by atoms with E-state index in [1.54, 1.807) is 0 Å². The van der Waals surface area contributed by atoms with Crippen molar-refractivity contribution in [2.75, 3.05) is 4.90 Å². The highest BCUT2D eigenvalue weighted by Gasteiger charge is 2.41. The molecule has 9 aromatic carbocycles. The van der Waals surface area contributed by atoms with E-state index in [4.69, 9.17) is 0 Å². The lowest BCUT2D eigenvalue weighted by atomic mass is 9.82. The first kappa shape index (κ1) is 34.8. The number of benzene rings is 9. The van der Waals surface area contributed by atoms with E-state index < -0.39 is 0 Å². The van der Waals surface area contributed by atoms with Crippen LogP contribution < -0.4 is 4.90 Å². The molecule has 2 aliphatic carbocycles. The molecule has 0 saturated carbocycles. The van der Waals surface area contributed by atoms with Gasteiger partial charge in [0.2, 0.25) is 0 Å². The van der Waals surface area contributed by atoms with Gasteiger partial charge in [0.25, 0.3) is 0 Å². The fourth-order valence-corrected chi connectivity index (χ4v) is 11.0. The quantitative estimate of drug-likeness (QED) is 0.169. The summed E-state index contributed by atoms with van der Waals surface area (Å²) in [6, 6.07) is 72.4. The molecule has 0 spiro atoms. The van der Waals surface area contributed by atoms with Crippen molar-refractivity contribution in [1.82, 2.24) is 4.57 Å². The van der Waals surface area contributed by atoms with E-state index in [0.717, 1.165) is 11.4 Å². The van der Waals surface area contributed by atoms with Crippen LogP contribution in [0.15, 0.2) is 194 Å². The van der Waals surface area contributed by atoms with Crippen LogP contribution in [-0.2, 0) is 10.8 Å². The minimum absolute atomic E-state index is 0.146. The monoisotopic (exact) mass is 768 g/mol. The minimum Gasteiger partial charge on any atom is -0.309 e. The average Bonchev–Trinajstić information content (AvgIpc) is 3.84. The number of hydrogen-bond donors (Lipinski definition) is 0. The highest BCUT2D eigenvalue weighted by Crippen LogP contribution is 2.59. The maximum absolute atomic E-state index is 2.60. The second kappa shape index (κ2) is 12.7. The van der Waals surface area contributed by atoms with Crippen molar-refractivity contribution in [2.45, 2.75) is 38.5 Å². The Hall–Kier alpha value is -7.16. The molecule has 0 amide bonds. The molecule has 2 aliphatic rings. The lowest BCUT2D eigenvalue weighted by Crippen LogP contribution is -2.17. The minimum atomic E-state index is -0.146. The molecule has 60 heavy (non-hydrogen) atoms. The van der Waals surface area contributed by atoms with E-state index in [1.807, 2.05) is 0 Å². The van der Waals surface area contributed by atoms with Crippen LogP contribution in [-0.4, -0.2) is 4.57 Å². The number of fused-ring (bicyclic) bond motifs is 10. The fraction of sp³-hybridized carbons (Fsp3) is 0.103. The Morgan fingerprint density at radius 2 is 0.783 bits per heavy atom. The smallest absolute Gasteiger partial charge is 0.0543 e. The molecule has 0 bridgehead atoms. The Morgan fingerprint density at radius 1 is 0.350 bits per heavy atom. The van der Waals surface area contributed by atoms with Crippen molar-refractivity contribution in [3.05, 3.63) is 216 Å². The predicted octanol–water partition coefficient (Wildman–Crippen LogP) is 15.7. The van der Waals surface area contributed by atoms with E-state index in [0.29, 0.717) is 0 Å². The molecule has 10 aromatic rings. The summed E-state index contributed by atoms with van der Waals surface area (Å²) >= 11 is 0. The van der Waals surface area contributed by atoms with Gasteiger partial charge < -0.3 is 9.47 Å². The van der Waals surface area contributed by atoms with Gasteiger partial charge >= 0.3 is 0 Å². The van der Waals surface area contributed by atoms with Gasteiger partial charge in [0, 0.05) is 44.0 Å². The summed E-state index contributed by atoms with van der Waals surface area (Å²) in [6.45, 7) is 9.52. The van der Waals surface area contributed by atoms with E-state index in [2.05, 4.69) is 231 Å². The zero-order valence-electron chi connectivity index (χ0n) is 34.4. The van der Waals surface area contributed by atoms with Crippen LogP contribution >= 0.6 is 0 Å². The largest absolute Gasteiger partial charge is 0.309 e.